The molecular weight excluding hydrogens is 309 g/mol. The molecule has 9 heteroatoms. The summed E-state index contributed by atoms with van der Waals surface area (Å²) >= 11 is 0. The van der Waals surface area contributed by atoms with Crippen molar-refractivity contribution in [2.75, 3.05) is 6.61 Å². The normalized spacial score (nSPS) is 14.9. The van der Waals surface area contributed by atoms with Gasteiger partial charge in [-0.2, -0.15) is 30.7 Å². The van der Waals surface area contributed by atoms with Crippen molar-refractivity contribution in [3.05, 3.63) is 0 Å². The molecule has 0 heterocycles. The summed E-state index contributed by atoms with van der Waals surface area (Å²) in [6, 6.07) is 0. The molecule has 0 aliphatic heterocycles. The minimum Gasteiger partial charge on any atom is -0.465 e. The Morgan fingerprint density at radius 3 is 1.90 bits per heavy atom. The predicted octanol–water partition coefficient (Wildman–Crippen LogP) is 4.58. The van der Waals surface area contributed by atoms with Crippen molar-refractivity contribution >= 4 is 5.97 Å². The van der Waals surface area contributed by atoms with E-state index in [1.807, 2.05) is 0 Å². The molecule has 0 radical (unpaired) electrons. The number of alkyl halides is 7. The van der Waals surface area contributed by atoms with Crippen LogP contribution in [-0.2, 0) is 9.53 Å². The molecule has 0 amide bonds. The first-order chi connectivity index (χ1) is 9.40. The quantitative estimate of drug-likeness (QED) is 0.482. The smallest absolute Gasteiger partial charge is 0.459 e. The van der Waals surface area contributed by atoms with Crippen molar-refractivity contribution in [2.45, 2.75) is 57.6 Å². The largest absolute Gasteiger partial charge is 0.465 e. The summed E-state index contributed by atoms with van der Waals surface area (Å²) in [5, 5.41) is 0. The average Bonchev–Trinajstić information content (AvgIpc) is 2.33. The van der Waals surface area contributed by atoms with Crippen LogP contribution in [0.3, 0.4) is 0 Å². The van der Waals surface area contributed by atoms with Crippen LogP contribution in [0.1, 0.15) is 39.5 Å². The Balaban J connectivity index is 5.10. The number of hydrogen-bond acceptors (Lipinski definition) is 2. The monoisotopic (exact) mass is 326 g/mol. The highest BCUT2D eigenvalue weighted by atomic mass is 19.4. The van der Waals surface area contributed by atoms with Gasteiger partial charge < -0.3 is 4.74 Å². The fourth-order valence-corrected chi connectivity index (χ4v) is 1.62. The van der Waals surface area contributed by atoms with E-state index in [2.05, 4.69) is 4.74 Å². The van der Waals surface area contributed by atoms with Gasteiger partial charge in [0.1, 0.15) is 0 Å². The summed E-state index contributed by atoms with van der Waals surface area (Å²) < 4.78 is 92.8. The first kappa shape index (κ1) is 20.0. The summed E-state index contributed by atoms with van der Waals surface area (Å²) in [5.41, 5.74) is 0. The SMILES string of the molecule is CCCOC(=O)C(CCC)CC(F)(F)C(F)(F)C(F)(F)F. The Morgan fingerprint density at radius 1 is 1.00 bits per heavy atom. The second-order valence-corrected chi connectivity index (χ2v) is 4.63. The Morgan fingerprint density at radius 2 is 1.52 bits per heavy atom. The minimum absolute atomic E-state index is 0.111. The Hall–Kier alpha value is -1.02. The van der Waals surface area contributed by atoms with Crippen LogP contribution in [0.5, 0.6) is 0 Å². The van der Waals surface area contributed by atoms with Crippen LogP contribution in [0.25, 0.3) is 0 Å². The Kier molecular flexibility index (Phi) is 6.95. The van der Waals surface area contributed by atoms with E-state index in [9.17, 15) is 35.5 Å². The van der Waals surface area contributed by atoms with Gasteiger partial charge in [0.15, 0.2) is 0 Å². The lowest BCUT2D eigenvalue weighted by Crippen LogP contribution is -2.53. The van der Waals surface area contributed by atoms with Crippen molar-refractivity contribution in [1.29, 1.82) is 0 Å². The van der Waals surface area contributed by atoms with E-state index in [-0.39, 0.29) is 19.4 Å². The van der Waals surface area contributed by atoms with Crippen LogP contribution >= 0.6 is 0 Å². The van der Waals surface area contributed by atoms with Gasteiger partial charge >= 0.3 is 24.0 Å². The lowest BCUT2D eigenvalue weighted by molar-refractivity contribution is -0.357. The number of rotatable bonds is 8. The molecule has 126 valence electrons. The van der Waals surface area contributed by atoms with Crippen LogP contribution in [-0.4, -0.2) is 30.6 Å². The van der Waals surface area contributed by atoms with E-state index in [1.54, 1.807) is 6.92 Å². The molecule has 0 saturated heterocycles. The number of carbonyl (C=O) groups is 1. The van der Waals surface area contributed by atoms with Crippen molar-refractivity contribution in [1.82, 2.24) is 0 Å². The fourth-order valence-electron chi connectivity index (χ4n) is 1.62. The zero-order valence-electron chi connectivity index (χ0n) is 11.6. The minimum atomic E-state index is -6.39. The molecule has 1 atom stereocenters. The highest BCUT2D eigenvalue weighted by molar-refractivity contribution is 5.72. The van der Waals surface area contributed by atoms with Crippen LogP contribution in [0.4, 0.5) is 30.7 Å². The highest BCUT2D eigenvalue weighted by Gasteiger charge is 2.73. The maximum atomic E-state index is 13.3. The molecule has 0 aromatic heterocycles. The number of hydrogen-bond donors (Lipinski definition) is 0. The fraction of sp³-hybridized carbons (Fsp3) is 0.917. The molecule has 0 aliphatic rings. The topological polar surface area (TPSA) is 26.3 Å². The summed E-state index contributed by atoms with van der Waals surface area (Å²) in [7, 11) is 0. The summed E-state index contributed by atoms with van der Waals surface area (Å²) in [6.45, 7) is 2.99. The molecular formula is C12H17F7O2. The van der Waals surface area contributed by atoms with E-state index < -0.39 is 36.3 Å². The van der Waals surface area contributed by atoms with Gasteiger partial charge in [0.2, 0.25) is 0 Å². The van der Waals surface area contributed by atoms with Crippen LogP contribution in [0.15, 0.2) is 0 Å². The molecule has 21 heavy (non-hydrogen) atoms. The number of ether oxygens (including phenoxy) is 1. The van der Waals surface area contributed by atoms with Crippen molar-refractivity contribution < 1.29 is 40.3 Å². The third-order valence-corrected chi connectivity index (χ3v) is 2.74. The van der Waals surface area contributed by atoms with E-state index >= 15 is 0 Å². The molecule has 0 saturated carbocycles. The third kappa shape index (κ3) is 5.03. The molecule has 0 aromatic carbocycles. The van der Waals surface area contributed by atoms with E-state index in [1.165, 1.54) is 6.92 Å². The summed E-state index contributed by atoms with van der Waals surface area (Å²) in [5.74, 6) is -14.5. The van der Waals surface area contributed by atoms with Gasteiger partial charge in [0, 0.05) is 6.42 Å². The molecule has 0 aliphatic carbocycles. The molecule has 0 spiro atoms. The van der Waals surface area contributed by atoms with Gasteiger partial charge in [-0.15, -0.1) is 0 Å². The van der Waals surface area contributed by atoms with E-state index in [0.717, 1.165) is 0 Å². The maximum absolute atomic E-state index is 13.3. The first-order valence-electron chi connectivity index (χ1n) is 6.39. The number of halogens is 7. The number of esters is 1. The lowest BCUT2D eigenvalue weighted by atomic mass is 9.93. The van der Waals surface area contributed by atoms with E-state index in [4.69, 9.17) is 0 Å². The average molecular weight is 326 g/mol. The molecule has 0 bridgehead atoms. The molecule has 0 aromatic rings. The molecule has 0 rings (SSSR count). The summed E-state index contributed by atoms with van der Waals surface area (Å²) in [6.07, 6.45) is -8.01. The van der Waals surface area contributed by atoms with Gasteiger partial charge in [-0.25, -0.2) is 0 Å². The second kappa shape index (κ2) is 7.31. The second-order valence-electron chi connectivity index (χ2n) is 4.63. The molecule has 1 unspecified atom stereocenters. The van der Waals surface area contributed by atoms with Gasteiger partial charge in [-0.1, -0.05) is 20.3 Å². The van der Waals surface area contributed by atoms with Crippen LogP contribution in [0, 0.1) is 5.92 Å². The zero-order chi connectivity index (χ0) is 16.9. The zero-order valence-corrected chi connectivity index (χ0v) is 11.6. The third-order valence-electron chi connectivity index (χ3n) is 2.74. The van der Waals surface area contributed by atoms with Gasteiger partial charge in [0.05, 0.1) is 12.5 Å². The van der Waals surface area contributed by atoms with Crippen molar-refractivity contribution in [2.24, 2.45) is 5.92 Å². The first-order valence-corrected chi connectivity index (χ1v) is 6.39. The van der Waals surface area contributed by atoms with Gasteiger partial charge in [0.25, 0.3) is 0 Å². The maximum Gasteiger partial charge on any atom is 0.459 e. The summed E-state index contributed by atoms with van der Waals surface area (Å²) in [4.78, 5) is 11.5. The van der Waals surface area contributed by atoms with Crippen molar-refractivity contribution in [3.63, 3.8) is 0 Å². The molecule has 2 nitrogen and oxygen atoms in total. The molecule has 0 N–H and O–H groups in total. The lowest BCUT2D eigenvalue weighted by Gasteiger charge is -2.30. The van der Waals surface area contributed by atoms with Gasteiger partial charge in [-0.05, 0) is 12.8 Å². The van der Waals surface area contributed by atoms with Gasteiger partial charge in [-0.3, -0.25) is 4.79 Å². The predicted molar refractivity (Wildman–Crippen MR) is 60.2 cm³/mol. The number of carbonyl (C=O) groups excluding carboxylic acids is 1. The Labute approximate surface area is 117 Å². The van der Waals surface area contributed by atoms with Crippen LogP contribution < -0.4 is 0 Å². The standard InChI is InChI=1S/C12H17F7O2/c1-3-5-8(9(20)21-6-4-2)7-10(13,14)11(15,16)12(17,18)19/h8H,3-7H2,1-2H3. The molecule has 0 fully saturated rings. The van der Waals surface area contributed by atoms with E-state index in [0.29, 0.717) is 6.42 Å². The Bertz CT molecular complexity index is 339. The highest BCUT2D eigenvalue weighted by Crippen LogP contribution is 2.49. The van der Waals surface area contributed by atoms with Crippen molar-refractivity contribution in [3.8, 4) is 0 Å². The van der Waals surface area contributed by atoms with Crippen LogP contribution in [0.2, 0.25) is 0 Å².